The lowest BCUT2D eigenvalue weighted by Gasteiger charge is -2.10. The Morgan fingerprint density at radius 1 is 1.05 bits per heavy atom. The number of rotatable bonds is 8. The first kappa shape index (κ1) is 24.5. The first-order chi connectivity index (χ1) is 17.9. The zero-order valence-corrected chi connectivity index (χ0v) is 21.6. The highest BCUT2D eigenvalue weighted by molar-refractivity contribution is 6.32. The summed E-state index contributed by atoms with van der Waals surface area (Å²) in [7, 11) is 3.14. The van der Waals surface area contributed by atoms with Gasteiger partial charge in [0.1, 0.15) is 22.7 Å². The van der Waals surface area contributed by atoms with Gasteiger partial charge in [-0.05, 0) is 50.2 Å². The van der Waals surface area contributed by atoms with Crippen LogP contribution in [0.1, 0.15) is 18.4 Å². The van der Waals surface area contributed by atoms with E-state index in [0.29, 0.717) is 63.0 Å². The van der Waals surface area contributed by atoms with Crippen LogP contribution in [0, 0.1) is 6.92 Å². The molecule has 3 aromatic heterocycles. The van der Waals surface area contributed by atoms with E-state index in [1.165, 1.54) is 0 Å². The van der Waals surface area contributed by atoms with Crippen LogP contribution in [0.3, 0.4) is 0 Å². The highest BCUT2D eigenvalue weighted by atomic mass is 35.5. The molecule has 2 aromatic carbocycles. The number of hydrogen-bond acceptors (Lipinski definition) is 7. The van der Waals surface area contributed by atoms with Crippen LogP contribution in [0.25, 0.3) is 28.2 Å². The van der Waals surface area contributed by atoms with Gasteiger partial charge in [0, 0.05) is 18.0 Å². The van der Waals surface area contributed by atoms with Crippen molar-refractivity contribution in [3.05, 3.63) is 81.7 Å². The molecular weight excluding hydrogens is 496 g/mol. The first-order valence-electron chi connectivity index (χ1n) is 11.6. The number of hydrogen-bond donors (Lipinski definition) is 0. The lowest BCUT2D eigenvalue weighted by Crippen LogP contribution is -2.22. The molecule has 0 fully saturated rings. The van der Waals surface area contributed by atoms with E-state index in [9.17, 15) is 4.79 Å². The van der Waals surface area contributed by atoms with E-state index in [4.69, 9.17) is 30.2 Å². The van der Waals surface area contributed by atoms with E-state index in [-0.39, 0.29) is 12.1 Å². The average molecular weight is 521 g/mol. The number of aromatic nitrogens is 4. The third-order valence-corrected chi connectivity index (χ3v) is 6.27. The maximum atomic E-state index is 13.3. The van der Waals surface area contributed by atoms with Gasteiger partial charge in [-0.15, -0.1) is 0 Å². The Balaban J connectivity index is 1.47. The van der Waals surface area contributed by atoms with Crippen LogP contribution in [0.2, 0.25) is 5.02 Å². The molecule has 3 heterocycles. The number of nitrogens with zero attached hydrogens (tertiary/aromatic N) is 4. The third-order valence-electron chi connectivity index (χ3n) is 5.98. The molecule has 0 radical (unpaired) electrons. The monoisotopic (exact) mass is 520 g/mol. The van der Waals surface area contributed by atoms with Gasteiger partial charge in [0.15, 0.2) is 11.5 Å². The summed E-state index contributed by atoms with van der Waals surface area (Å²) in [5.74, 6) is 2.69. The highest BCUT2D eigenvalue weighted by Gasteiger charge is 2.19. The molecule has 0 aliphatic heterocycles. The minimum absolute atomic E-state index is 0.207. The van der Waals surface area contributed by atoms with E-state index in [1.54, 1.807) is 60.0 Å². The van der Waals surface area contributed by atoms with Crippen molar-refractivity contribution in [2.45, 2.75) is 20.4 Å². The lowest BCUT2D eigenvalue weighted by molar-refractivity contribution is 0.340. The van der Waals surface area contributed by atoms with Gasteiger partial charge in [-0.2, -0.15) is 5.10 Å². The molecule has 0 saturated heterocycles. The maximum Gasteiger partial charge on any atom is 0.276 e. The molecule has 0 aliphatic rings. The molecule has 0 aliphatic carbocycles. The lowest BCUT2D eigenvalue weighted by atomic mass is 10.1. The fourth-order valence-electron chi connectivity index (χ4n) is 4.13. The molecule has 10 heteroatoms. The summed E-state index contributed by atoms with van der Waals surface area (Å²) >= 11 is 6.34. The Morgan fingerprint density at radius 3 is 2.62 bits per heavy atom. The van der Waals surface area contributed by atoms with Crippen molar-refractivity contribution in [3.63, 3.8) is 0 Å². The molecule has 0 atom stereocenters. The van der Waals surface area contributed by atoms with Crippen molar-refractivity contribution in [2.24, 2.45) is 0 Å². The van der Waals surface area contributed by atoms with Crippen LogP contribution < -0.4 is 19.8 Å². The molecule has 5 rings (SSSR count). The van der Waals surface area contributed by atoms with Gasteiger partial charge in [0.25, 0.3) is 5.56 Å². The fourth-order valence-corrected chi connectivity index (χ4v) is 4.37. The first-order valence-corrected chi connectivity index (χ1v) is 12.0. The van der Waals surface area contributed by atoms with Crippen molar-refractivity contribution < 1.29 is 18.6 Å². The van der Waals surface area contributed by atoms with Crippen molar-refractivity contribution in [3.8, 4) is 40.0 Å². The van der Waals surface area contributed by atoms with Gasteiger partial charge in [-0.25, -0.2) is 9.50 Å². The summed E-state index contributed by atoms with van der Waals surface area (Å²) in [5.41, 5.74) is 2.93. The van der Waals surface area contributed by atoms with Crippen LogP contribution in [0.15, 0.2) is 64.1 Å². The second kappa shape index (κ2) is 10.0. The van der Waals surface area contributed by atoms with Crippen molar-refractivity contribution in [2.75, 3.05) is 20.8 Å². The summed E-state index contributed by atoms with van der Waals surface area (Å²) in [5, 5.41) is 5.03. The standard InChI is InChI=1S/C27H25ClN4O5/c1-5-36-23-10-9-17(13-19(23)28)20-14-22-27(33)31(11-12-32(22)30-20)15-21-16(2)37-26(29-21)18-7-6-8-24(34-3)25(18)35-4/h6-14H,5,15H2,1-4H3. The molecule has 0 spiro atoms. The normalized spacial score (nSPS) is 11.2. The van der Waals surface area contributed by atoms with Crippen LogP contribution in [0.5, 0.6) is 17.2 Å². The van der Waals surface area contributed by atoms with Crippen LogP contribution in [-0.4, -0.2) is 40.0 Å². The molecule has 5 aromatic rings. The molecular formula is C27H25ClN4O5. The molecule has 0 saturated carbocycles. The zero-order valence-electron chi connectivity index (χ0n) is 20.8. The Hall–Kier alpha value is -4.24. The molecule has 37 heavy (non-hydrogen) atoms. The van der Waals surface area contributed by atoms with E-state index >= 15 is 0 Å². The highest BCUT2D eigenvalue weighted by Crippen LogP contribution is 2.38. The van der Waals surface area contributed by atoms with Crippen molar-refractivity contribution in [1.29, 1.82) is 0 Å². The zero-order chi connectivity index (χ0) is 26.1. The molecule has 9 nitrogen and oxygen atoms in total. The largest absolute Gasteiger partial charge is 0.493 e. The Labute approximate surface area is 217 Å². The van der Waals surface area contributed by atoms with Crippen molar-refractivity contribution in [1.82, 2.24) is 19.2 Å². The fraction of sp³-hybridized carbons (Fsp3) is 0.222. The smallest absolute Gasteiger partial charge is 0.276 e. The number of para-hydroxylation sites is 1. The number of halogens is 1. The number of oxazole rings is 1. The van der Waals surface area contributed by atoms with E-state index in [0.717, 1.165) is 5.56 Å². The Morgan fingerprint density at radius 2 is 1.89 bits per heavy atom. The quantitative estimate of drug-likeness (QED) is 0.276. The molecule has 190 valence electrons. The minimum atomic E-state index is -0.207. The Kier molecular flexibility index (Phi) is 6.62. The average Bonchev–Trinajstić information content (AvgIpc) is 3.50. The van der Waals surface area contributed by atoms with Gasteiger partial charge >= 0.3 is 0 Å². The van der Waals surface area contributed by atoms with Gasteiger partial charge in [-0.1, -0.05) is 17.7 Å². The minimum Gasteiger partial charge on any atom is -0.493 e. The summed E-state index contributed by atoms with van der Waals surface area (Å²) in [6, 6.07) is 12.7. The number of ether oxygens (including phenoxy) is 3. The van der Waals surface area contributed by atoms with Crippen LogP contribution in [0.4, 0.5) is 0 Å². The summed E-state index contributed by atoms with van der Waals surface area (Å²) in [6.07, 6.45) is 3.41. The number of methoxy groups -OCH3 is 2. The molecule has 0 unspecified atom stereocenters. The van der Waals surface area contributed by atoms with E-state index in [1.807, 2.05) is 32.0 Å². The van der Waals surface area contributed by atoms with E-state index < -0.39 is 0 Å². The summed E-state index contributed by atoms with van der Waals surface area (Å²) in [4.78, 5) is 18.0. The second-order valence-electron chi connectivity index (χ2n) is 8.23. The van der Waals surface area contributed by atoms with Gasteiger partial charge in [0.05, 0.1) is 43.7 Å². The molecule has 0 amide bonds. The van der Waals surface area contributed by atoms with Gasteiger partial charge < -0.3 is 23.2 Å². The predicted octanol–water partition coefficient (Wildman–Crippen LogP) is 5.24. The Bertz CT molecular complexity index is 1650. The molecule has 0 N–H and O–H groups in total. The van der Waals surface area contributed by atoms with Gasteiger partial charge in [-0.3, -0.25) is 4.79 Å². The molecule has 0 bridgehead atoms. The van der Waals surface area contributed by atoms with Gasteiger partial charge in [0.2, 0.25) is 5.89 Å². The predicted molar refractivity (Wildman–Crippen MR) is 140 cm³/mol. The van der Waals surface area contributed by atoms with Crippen LogP contribution in [-0.2, 0) is 6.54 Å². The van der Waals surface area contributed by atoms with E-state index in [2.05, 4.69) is 10.1 Å². The number of aryl methyl sites for hydroxylation is 1. The second-order valence-corrected chi connectivity index (χ2v) is 8.64. The maximum absolute atomic E-state index is 13.3. The third kappa shape index (κ3) is 4.53. The number of benzene rings is 2. The van der Waals surface area contributed by atoms with Crippen molar-refractivity contribution >= 4 is 17.1 Å². The summed E-state index contributed by atoms with van der Waals surface area (Å²) in [6.45, 7) is 4.46. The van der Waals surface area contributed by atoms with Crippen LogP contribution >= 0.6 is 11.6 Å². The topological polar surface area (TPSA) is 93.0 Å². The number of fused-ring (bicyclic) bond motifs is 1. The summed E-state index contributed by atoms with van der Waals surface area (Å²) < 4.78 is 25.5. The SMILES string of the molecule is CCOc1ccc(-c2cc3c(=O)n(Cc4nc(-c5cccc(OC)c5OC)oc4C)ccn3n2)cc1Cl.